The number of nitrogens with zero attached hydrogens (tertiary/aromatic N) is 1. The van der Waals surface area contributed by atoms with E-state index in [0.717, 1.165) is 23.4 Å². The lowest BCUT2D eigenvalue weighted by Gasteiger charge is -2.18. The molecule has 1 aromatic carbocycles. The van der Waals surface area contributed by atoms with E-state index in [1.807, 2.05) is 0 Å². The van der Waals surface area contributed by atoms with Gasteiger partial charge >= 0.3 is 6.18 Å². The summed E-state index contributed by atoms with van der Waals surface area (Å²) in [5, 5.41) is 0. The van der Waals surface area contributed by atoms with Gasteiger partial charge in [0.15, 0.2) is 0 Å². The van der Waals surface area contributed by atoms with E-state index in [4.69, 9.17) is 0 Å². The van der Waals surface area contributed by atoms with Crippen LogP contribution in [-0.4, -0.2) is 18.7 Å². The first-order valence-electron chi connectivity index (χ1n) is 5.41. The van der Waals surface area contributed by atoms with E-state index in [1.54, 1.807) is 12.3 Å². The maximum atomic E-state index is 12.9. The summed E-state index contributed by atoms with van der Waals surface area (Å²) in [6.07, 6.45) is -2.16. The molecule has 0 aromatic heterocycles. The zero-order valence-corrected chi connectivity index (χ0v) is 10.8. The Morgan fingerprint density at radius 3 is 2.56 bits per heavy atom. The van der Waals surface area contributed by atoms with Crippen molar-refractivity contribution >= 4 is 23.4 Å². The predicted molar refractivity (Wildman–Crippen MR) is 65.0 cm³/mol. The quantitative estimate of drug-likeness (QED) is 0.733. The number of fused-ring (bicyclic) bond motifs is 1. The number of alkyl halides is 3. The smallest absolute Gasteiger partial charge is 0.312 e. The van der Waals surface area contributed by atoms with Gasteiger partial charge in [0, 0.05) is 24.1 Å². The van der Waals surface area contributed by atoms with Gasteiger partial charge in [-0.1, -0.05) is 0 Å². The van der Waals surface area contributed by atoms with Gasteiger partial charge in [-0.2, -0.15) is 13.2 Å². The summed E-state index contributed by atoms with van der Waals surface area (Å²) < 4.78 is 38.7. The van der Waals surface area contributed by atoms with Crippen LogP contribution < -0.4 is 4.90 Å². The minimum absolute atomic E-state index is 0.214. The van der Waals surface area contributed by atoms with Crippen molar-refractivity contribution in [1.82, 2.24) is 0 Å². The third kappa shape index (κ3) is 2.21. The van der Waals surface area contributed by atoms with Crippen LogP contribution in [0, 0.1) is 0 Å². The Labute approximate surface area is 107 Å². The van der Waals surface area contributed by atoms with Crippen LogP contribution >= 0.6 is 11.8 Å². The van der Waals surface area contributed by atoms with Crippen molar-refractivity contribution in [3.05, 3.63) is 23.3 Å². The van der Waals surface area contributed by atoms with Gasteiger partial charge in [0.1, 0.15) is 0 Å². The van der Waals surface area contributed by atoms with Gasteiger partial charge in [-0.3, -0.25) is 4.79 Å². The predicted octanol–water partition coefficient (Wildman–Crippen LogP) is 3.34. The molecule has 0 spiro atoms. The second-order valence-corrected chi connectivity index (χ2v) is 4.95. The zero-order valence-electron chi connectivity index (χ0n) is 9.97. The molecule has 1 aromatic rings. The van der Waals surface area contributed by atoms with Crippen LogP contribution in [0.15, 0.2) is 17.0 Å². The highest BCUT2D eigenvalue weighted by Gasteiger charge is 2.36. The molecule has 0 fully saturated rings. The van der Waals surface area contributed by atoms with Crippen LogP contribution in [0.2, 0.25) is 0 Å². The van der Waals surface area contributed by atoms with Crippen LogP contribution in [0.25, 0.3) is 0 Å². The summed E-state index contributed by atoms with van der Waals surface area (Å²) in [6.45, 7) is 1.82. The van der Waals surface area contributed by atoms with Crippen molar-refractivity contribution in [2.24, 2.45) is 0 Å². The van der Waals surface area contributed by atoms with Crippen LogP contribution in [0.3, 0.4) is 0 Å². The normalized spacial score (nSPS) is 14.8. The molecule has 0 saturated heterocycles. The Bertz CT molecular complexity index is 499. The van der Waals surface area contributed by atoms with Gasteiger partial charge in [-0.15, -0.1) is 11.8 Å². The van der Waals surface area contributed by atoms with Crippen LogP contribution in [-0.2, 0) is 17.4 Å². The van der Waals surface area contributed by atoms with Crippen molar-refractivity contribution in [3.8, 4) is 0 Å². The average Bonchev–Trinajstić information content (AvgIpc) is 2.68. The lowest BCUT2D eigenvalue weighted by Crippen LogP contribution is -2.26. The zero-order chi connectivity index (χ0) is 13.5. The SMILES string of the molecule is CSc1cc2c(cc1C(F)(F)F)N(C(C)=O)CC2. The van der Waals surface area contributed by atoms with Crippen molar-refractivity contribution in [3.63, 3.8) is 0 Å². The average molecular weight is 275 g/mol. The molecule has 0 N–H and O–H groups in total. The number of rotatable bonds is 1. The van der Waals surface area contributed by atoms with Crippen molar-refractivity contribution in [1.29, 1.82) is 0 Å². The van der Waals surface area contributed by atoms with Crippen molar-refractivity contribution < 1.29 is 18.0 Å². The number of anilines is 1. The maximum Gasteiger partial charge on any atom is 0.417 e. The first-order valence-corrected chi connectivity index (χ1v) is 6.63. The maximum absolute atomic E-state index is 12.9. The minimum atomic E-state index is -4.39. The first kappa shape index (κ1) is 13.3. The molecule has 6 heteroatoms. The topological polar surface area (TPSA) is 20.3 Å². The van der Waals surface area contributed by atoms with Crippen molar-refractivity contribution in [2.75, 3.05) is 17.7 Å². The third-order valence-corrected chi connectivity index (χ3v) is 3.76. The Morgan fingerprint density at radius 1 is 1.39 bits per heavy atom. The summed E-state index contributed by atoms with van der Waals surface area (Å²) in [5.74, 6) is -0.223. The number of carbonyl (C=O) groups excluding carboxylic acids is 1. The molecule has 18 heavy (non-hydrogen) atoms. The van der Waals surface area contributed by atoms with E-state index in [1.165, 1.54) is 11.8 Å². The standard InChI is InChI=1S/C12H12F3NOS/c1-7(17)16-4-3-8-5-11(18-2)9(6-10(8)16)12(13,14)15/h5-6H,3-4H2,1-2H3. The van der Waals surface area contributed by atoms with Gasteiger partial charge in [0.25, 0.3) is 0 Å². The molecule has 0 saturated carbocycles. The van der Waals surface area contributed by atoms with Gasteiger partial charge in [-0.05, 0) is 30.4 Å². The van der Waals surface area contributed by atoms with E-state index in [-0.39, 0.29) is 10.8 Å². The fourth-order valence-corrected chi connectivity index (χ4v) is 2.79. The van der Waals surface area contributed by atoms with Gasteiger partial charge in [0.05, 0.1) is 5.56 Å². The molecule has 0 aliphatic carbocycles. The number of thioether (sulfide) groups is 1. The fourth-order valence-electron chi connectivity index (χ4n) is 2.13. The summed E-state index contributed by atoms with van der Waals surface area (Å²) in [6, 6.07) is 2.64. The fraction of sp³-hybridized carbons (Fsp3) is 0.417. The molecular weight excluding hydrogens is 263 g/mol. The van der Waals surface area contributed by atoms with Crippen LogP contribution in [0.5, 0.6) is 0 Å². The van der Waals surface area contributed by atoms with E-state index in [0.29, 0.717) is 18.7 Å². The molecule has 0 bridgehead atoms. The Morgan fingerprint density at radius 2 is 2.06 bits per heavy atom. The monoisotopic (exact) mass is 275 g/mol. The molecule has 1 aliphatic heterocycles. The van der Waals surface area contributed by atoms with E-state index >= 15 is 0 Å². The molecule has 1 heterocycles. The molecule has 0 atom stereocenters. The highest BCUT2D eigenvalue weighted by atomic mass is 32.2. The number of hydrogen-bond acceptors (Lipinski definition) is 2. The second kappa shape index (κ2) is 4.50. The summed E-state index contributed by atoms with van der Waals surface area (Å²) >= 11 is 1.07. The molecule has 0 radical (unpaired) electrons. The largest absolute Gasteiger partial charge is 0.417 e. The van der Waals surface area contributed by atoms with Crippen LogP contribution in [0.1, 0.15) is 18.1 Å². The summed E-state index contributed by atoms with van der Waals surface area (Å²) in [7, 11) is 0. The molecule has 0 unspecified atom stereocenters. The van der Waals surface area contributed by atoms with Crippen LogP contribution in [0.4, 0.5) is 18.9 Å². The van der Waals surface area contributed by atoms with Gasteiger partial charge in [0.2, 0.25) is 5.91 Å². The Balaban J connectivity index is 2.57. The first-order chi connectivity index (χ1) is 8.34. The minimum Gasteiger partial charge on any atom is -0.312 e. The molecular formula is C12H12F3NOS. The molecule has 2 nitrogen and oxygen atoms in total. The summed E-state index contributed by atoms with van der Waals surface area (Å²) in [5.41, 5.74) is 0.539. The molecule has 1 aliphatic rings. The van der Waals surface area contributed by atoms with E-state index < -0.39 is 11.7 Å². The number of carbonyl (C=O) groups is 1. The number of hydrogen-bond donors (Lipinski definition) is 0. The third-order valence-electron chi connectivity index (χ3n) is 2.98. The van der Waals surface area contributed by atoms with Crippen molar-refractivity contribution in [2.45, 2.75) is 24.4 Å². The number of amides is 1. The number of halogens is 3. The molecule has 98 valence electrons. The highest BCUT2D eigenvalue weighted by molar-refractivity contribution is 7.98. The Kier molecular flexibility index (Phi) is 3.31. The molecule has 2 rings (SSSR count). The van der Waals surface area contributed by atoms with Gasteiger partial charge in [-0.25, -0.2) is 0 Å². The second-order valence-electron chi connectivity index (χ2n) is 4.10. The van der Waals surface area contributed by atoms with Gasteiger partial charge < -0.3 is 4.90 Å². The highest BCUT2D eigenvalue weighted by Crippen LogP contribution is 2.41. The molecule has 1 amide bonds. The lowest BCUT2D eigenvalue weighted by molar-refractivity contribution is -0.139. The lowest BCUT2D eigenvalue weighted by atomic mass is 10.1. The van der Waals surface area contributed by atoms with E-state index in [9.17, 15) is 18.0 Å². The number of benzene rings is 1. The Hall–Kier alpha value is -1.17. The summed E-state index contributed by atoms with van der Waals surface area (Å²) in [4.78, 5) is 13.0. The van der Waals surface area contributed by atoms with E-state index in [2.05, 4.69) is 0 Å².